The summed E-state index contributed by atoms with van der Waals surface area (Å²) < 4.78 is 0. The molecule has 0 spiro atoms. The van der Waals surface area contributed by atoms with Gasteiger partial charge in [0.1, 0.15) is 0 Å². The van der Waals surface area contributed by atoms with Crippen molar-refractivity contribution >= 4 is 5.69 Å². The van der Waals surface area contributed by atoms with Gasteiger partial charge >= 0.3 is 0 Å². The molecule has 3 heteroatoms. The molecule has 74 valence electrons. The highest BCUT2D eigenvalue weighted by atomic mass is 14.7. The highest BCUT2D eigenvalue weighted by molar-refractivity contribution is 5.77. The van der Waals surface area contributed by atoms with Crippen LogP contribution in [0.4, 0.5) is 5.69 Å². The molecule has 0 unspecified atom stereocenters. The number of nitriles is 1. The zero-order valence-electron chi connectivity index (χ0n) is 8.38. The summed E-state index contributed by atoms with van der Waals surface area (Å²) in [6.45, 7) is 7.09. The molecular weight excluding hydrogens is 198 g/mol. The SMILES string of the molecule is [C-]#[N+]c1cc(C#N)ccc1-c1ccccn1. The molecule has 3 nitrogen and oxygen atoms in total. The monoisotopic (exact) mass is 205 g/mol. The molecule has 0 amide bonds. The molecule has 0 aliphatic rings. The Morgan fingerprint density at radius 2 is 2.12 bits per heavy atom. The van der Waals surface area contributed by atoms with Crippen molar-refractivity contribution in [2.24, 2.45) is 0 Å². The summed E-state index contributed by atoms with van der Waals surface area (Å²) in [6.07, 6.45) is 1.68. The van der Waals surface area contributed by atoms with Crippen LogP contribution < -0.4 is 0 Å². The summed E-state index contributed by atoms with van der Waals surface area (Å²) in [6, 6.07) is 12.6. The predicted molar refractivity (Wildman–Crippen MR) is 60.7 cm³/mol. The average Bonchev–Trinajstić information content (AvgIpc) is 2.39. The first-order valence-electron chi connectivity index (χ1n) is 4.68. The Hall–Kier alpha value is -2.65. The van der Waals surface area contributed by atoms with E-state index in [1.807, 2.05) is 24.3 Å². The lowest BCUT2D eigenvalue weighted by atomic mass is 10.1. The van der Waals surface area contributed by atoms with Gasteiger partial charge in [0.15, 0.2) is 5.69 Å². The molecule has 0 saturated carbocycles. The fourth-order valence-electron chi connectivity index (χ4n) is 1.43. The van der Waals surface area contributed by atoms with Crippen molar-refractivity contribution in [1.82, 2.24) is 4.98 Å². The summed E-state index contributed by atoms with van der Waals surface area (Å²) in [7, 11) is 0. The van der Waals surface area contributed by atoms with Gasteiger partial charge in [-0.2, -0.15) is 5.26 Å². The molecule has 1 aromatic heterocycles. The van der Waals surface area contributed by atoms with Gasteiger partial charge in [0, 0.05) is 17.3 Å². The summed E-state index contributed by atoms with van der Waals surface area (Å²) in [5.74, 6) is 0. The van der Waals surface area contributed by atoms with Crippen LogP contribution in [0.5, 0.6) is 0 Å². The molecule has 2 rings (SSSR count). The normalized spacial score (nSPS) is 9.12. The maximum atomic E-state index is 8.75. The van der Waals surface area contributed by atoms with Crippen molar-refractivity contribution in [3.8, 4) is 17.3 Å². The number of benzene rings is 1. The van der Waals surface area contributed by atoms with Gasteiger partial charge in [-0.1, -0.05) is 12.1 Å². The standard InChI is InChI=1S/C13H7N3/c1-15-13-8-10(9-14)5-6-11(13)12-4-2-3-7-16-12/h2-8H. The van der Waals surface area contributed by atoms with Crippen molar-refractivity contribution in [3.05, 3.63) is 59.6 Å². The highest BCUT2D eigenvalue weighted by Crippen LogP contribution is 2.29. The van der Waals surface area contributed by atoms with Crippen LogP contribution in [-0.2, 0) is 0 Å². The van der Waals surface area contributed by atoms with Gasteiger partial charge < -0.3 is 0 Å². The molecule has 0 aliphatic heterocycles. The molecule has 1 heterocycles. The molecular formula is C13H7N3. The fraction of sp³-hybridized carbons (Fsp3) is 0. The van der Waals surface area contributed by atoms with Crippen molar-refractivity contribution in [3.63, 3.8) is 0 Å². The van der Waals surface area contributed by atoms with Crippen LogP contribution in [0.2, 0.25) is 0 Å². The Kier molecular flexibility index (Phi) is 2.63. The molecule has 0 fully saturated rings. The minimum absolute atomic E-state index is 0.456. The zero-order chi connectivity index (χ0) is 11.4. The molecule has 0 aliphatic carbocycles. The summed E-state index contributed by atoms with van der Waals surface area (Å²) in [5, 5.41) is 8.75. The van der Waals surface area contributed by atoms with Crippen LogP contribution in [0, 0.1) is 17.9 Å². The van der Waals surface area contributed by atoms with Gasteiger partial charge in [0.05, 0.1) is 18.3 Å². The van der Waals surface area contributed by atoms with E-state index in [0.717, 1.165) is 11.3 Å². The summed E-state index contributed by atoms with van der Waals surface area (Å²) >= 11 is 0. The second-order valence-electron chi connectivity index (χ2n) is 3.17. The van der Waals surface area contributed by atoms with Gasteiger partial charge in [-0.05, 0) is 24.3 Å². The molecule has 0 radical (unpaired) electrons. The number of rotatable bonds is 1. The lowest BCUT2D eigenvalue weighted by Gasteiger charge is -2.02. The predicted octanol–water partition coefficient (Wildman–Crippen LogP) is 3.17. The van der Waals surface area contributed by atoms with Gasteiger partial charge in [0.2, 0.25) is 0 Å². The van der Waals surface area contributed by atoms with E-state index in [9.17, 15) is 0 Å². The smallest absolute Gasteiger partial charge is 0.197 e. The third kappa shape index (κ3) is 1.75. The van der Waals surface area contributed by atoms with E-state index >= 15 is 0 Å². The van der Waals surface area contributed by atoms with E-state index in [1.54, 1.807) is 24.4 Å². The maximum Gasteiger partial charge on any atom is 0.197 e. The second kappa shape index (κ2) is 4.25. The van der Waals surface area contributed by atoms with Crippen LogP contribution >= 0.6 is 0 Å². The van der Waals surface area contributed by atoms with Crippen molar-refractivity contribution in [2.75, 3.05) is 0 Å². The third-order valence-electron chi connectivity index (χ3n) is 2.19. The van der Waals surface area contributed by atoms with Gasteiger partial charge in [0.25, 0.3) is 0 Å². The van der Waals surface area contributed by atoms with Crippen LogP contribution in [-0.4, -0.2) is 4.98 Å². The van der Waals surface area contributed by atoms with Crippen molar-refractivity contribution in [1.29, 1.82) is 5.26 Å². The Morgan fingerprint density at radius 3 is 2.75 bits per heavy atom. The highest BCUT2D eigenvalue weighted by Gasteiger charge is 2.06. The molecule has 1 aromatic carbocycles. The van der Waals surface area contributed by atoms with Crippen LogP contribution in [0.1, 0.15) is 5.56 Å². The van der Waals surface area contributed by atoms with E-state index in [2.05, 4.69) is 9.83 Å². The van der Waals surface area contributed by atoms with E-state index in [1.165, 1.54) is 0 Å². The first-order chi connectivity index (χ1) is 7.85. The zero-order valence-corrected chi connectivity index (χ0v) is 8.38. The van der Waals surface area contributed by atoms with Crippen molar-refractivity contribution in [2.45, 2.75) is 0 Å². The van der Waals surface area contributed by atoms with E-state index in [0.29, 0.717) is 11.3 Å². The Balaban J connectivity index is 2.60. The Labute approximate surface area is 93.4 Å². The largest absolute Gasteiger partial charge is 0.258 e. The second-order valence-corrected chi connectivity index (χ2v) is 3.17. The Bertz CT molecular complexity index is 589. The molecule has 0 N–H and O–H groups in total. The number of nitrogens with zero attached hydrogens (tertiary/aromatic N) is 3. The summed E-state index contributed by atoms with van der Waals surface area (Å²) in [5.41, 5.74) is 2.45. The topological polar surface area (TPSA) is 41.0 Å². The van der Waals surface area contributed by atoms with Crippen LogP contribution in [0.25, 0.3) is 16.1 Å². The van der Waals surface area contributed by atoms with Crippen LogP contribution in [0.3, 0.4) is 0 Å². The number of hydrogen-bond acceptors (Lipinski definition) is 2. The number of hydrogen-bond donors (Lipinski definition) is 0. The van der Waals surface area contributed by atoms with Gasteiger partial charge in [-0.3, -0.25) is 4.98 Å². The van der Waals surface area contributed by atoms with Gasteiger partial charge in [-0.15, -0.1) is 0 Å². The molecule has 2 aromatic rings. The minimum atomic E-state index is 0.456. The van der Waals surface area contributed by atoms with E-state index in [4.69, 9.17) is 11.8 Å². The Morgan fingerprint density at radius 1 is 1.25 bits per heavy atom. The van der Waals surface area contributed by atoms with Gasteiger partial charge in [-0.25, -0.2) is 4.85 Å². The minimum Gasteiger partial charge on any atom is -0.258 e. The summed E-state index contributed by atoms with van der Waals surface area (Å²) in [4.78, 5) is 7.60. The number of aromatic nitrogens is 1. The average molecular weight is 205 g/mol. The molecule has 0 atom stereocenters. The first-order valence-corrected chi connectivity index (χ1v) is 4.68. The van der Waals surface area contributed by atoms with E-state index < -0.39 is 0 Å². The lowest BCUT2D eigenvalue weighted by Crippen LogP contribution is -1.83. The van der Waals surface area contributed by atoms with Crippen molar-refractivity contribution < 1.29 is 0 Å². The quantitative estimate of drug-likeness (QED) is 0.671. The van der Waals surface area contributed by atoms with Crippen LogP contribution in [0.15, 0.2) is 42.6 Å². The first kappa shape index (κ1) is 9.89. The third-order valence-corrected chi connectivity index (χ3v) is 2.19. The maximum absolute atomic E-state index is 8.75. The molecule has 0 bridgehead atoms. The number of pyridine rings is 1. The lowest BCUT2D eigenvalue weighted by molar-refractivity contribution is 1.33. The molecule has 16 heavy (non-hydrogen) atoms. The fourth-order valence-corrected chi connectivity index (χ4v) is 1.43. The molecule has 0 saturated heterocycles. The van der Waals surface area contributed by atoms with E-state index in [-0.39, 0.29) is 0 Å².